The summed E-state index contributed by atoms with van der Waals surface area (Å²) in [6, 6.07) is 8.03. The molecule has 178 valence electrons. The van der Waals surface area contributed by atoms with Crippen LogP contribution in [0.1, 0.15) is 39.5 Å². The highest BCUT2D eigenvalue weighted by molar-refractivity contribution is 6.06. The smallest absolute Gasteiger partial charge is 0.254 e. The zero-order valence-electron chi connectivity index (χ0n) is 19.8. The standard InChI is InChI=1S/C26H27N7O2/c1-33(2)13-21-16(15-7-10-35-14-15)3-4-22(32-21)31-20-12-29-24(19-11-30-26(34)23(19)20)17-5-8-27-25-18(17)6-9-28-25/h3-6,8-9,12,15H,7,10-11,13-14H2,1-2H3,(H,27,28)(H,30,34)(H,31,32)/t15-/m1/s1. The molecule has 35 heavy (non-hydrogen) atoms. The summed E-state index contributed by atoms with van der Waals surface area (Å²) in [7, 11) is 4.08. The molecule has 0 radical (unpaired) electrons. The third kappa shape index (κ3) is 3.92. The van der Waals surface area contributed by atoms with Crippen LogP contribution in [0, 0.1) is 0 Å². The van der Waals surface area contributed by atoms with E-state index >= 15 is 0 Å². The second-order valence-corrected chi connectivity index (χ2v) is 9.31. The molecule has 9 heteroatoms. The van der Waals surface area contributed by atoms with Gasteiger partial charge in [-0.1, -0.05) is 6.07 Å². The monoisotopic (exact) mass is 469 g/mol. The number of carbonyl (C=O) groups excluding carboxylic acids is 1. The molecule has 2 aliphatic heterocycles. The number of amides is 1. The molecule has 4 aromatic rings. The van der Waals surface area contributed by atoms with E-state index in [1.165, 1.54) is 5.56 Å². The minimum Gasteiger partial charge on any atom is -0.381 e. The number of aromatic nitrogens is 4. The molecule has 6 rings (SSSR count). The molecule has 0 aromatic carbocycles. The maximum absolute atomic E-state index is 12.9. The second-order valence-electron chi connectivity index (χ2n) is 9.31. The van der Waals surface area contributed by atoms with Crippen LogP contribution in [-0.4, -0.2) is 58.1 Å². The zero-order chi connectivity index (χ0) is 23.9. The van der Waals surface area contributed by atoms with Crippen LogP contribution < -0.4 is 10.6 Å². The number of carbonyl (C=O) groups is 1. The van der Waals surface area contributed by atoms with Crippen LogP contribution in [-0.2, 0) is 17.8 Å². The van der Waals surface area contributed by atoms with Gasteiger partial charge in [-0.25, -0.2) is 9.97 Å². The van der Waals surface area contributed by atoms with Crippen molar-refractivity contribution < 1.29 is 9.53 Å². The molecule has 1 atom stereocenters. The van der Waals surface area contributed by atoms with E-state index in [9.17, 15) is 4.79 Å². The summed E-state index contributed by atoms with van der Waals surface area (Å²) in [6.07, 6.45) is 6.35. The first-order chi connectivity index (χ1) is 17.1. The molecule has 1 saturated heterocycles. The topological polar surface area (TPSA) is 108 Å². The van der Waals surface area contributed by atoms with E-state index in [0.717, 1.165) is 59.7 Å². The van der Waals surface area contributed by atoms with E-state index in [4.69, 9.17) is 14.7 Å². The summed E-state index contributed by atoms with van der Waals surface area (Å²) in [4.78, 5) is 32.2. The summed E-state index contributed by atoms with van der Waals surface area (Å²) in [5, 5.41) is 7.31. The fraction of sp³-hybridized carbons (Fsp3) is 0.308. The van der Waals surface area contributed by atoms with Gasteiger partial charge in [0, 0.05) is 54.5 Å². The third-order valence-corrected chi connectivity index (χ3v) is 6.66. The number of fused-ring (bicyclic) bond motifs is 2. The fourth-order valence-corrected chi connectivity index (χ4v) is 5.03. The van der Waals surface area contributed by atoms with Crippen molar-refractivity contribution >= 4 is 28.4 Å². The minimum atomic E-state index is -0.112. The molecule has 9 nitrogen and oxygen atoms in total. The number of pyridine rings is 3. The summed E-state index contributed by atoms with van der Waals surface area (Å²) in [5.74, 6) is 0.949. The van der Waals surface area contributed by atoms with Crippen molar-refractivity contribution in [2.24, 2.45) is 0 Å². The number of ether oxygens (including phenoxy) is 1. The Morgan fingerprint density at radius 3 is 2.94 bits per heavy atom. The van der Waals surface area contributed by atoms with Crippen molar-refractivity contribution in [2.75, 3.05) is 32.6 Å². The first-order valence-electron chi connectivity index (χ1n) is 11.8. The maximum atomic E-state index is 12.9. The number of anilines is 2. The highest BCUT2D eigenvalue weighted by Crippen LogP contribution is 2.36. The number of nitrogens with one attached hydrogen (secondary N) is 3. The van der Waals surface area contributed by atoms with Crippen molar-refractivity contribution in [2.45, 2.75) is 25.4 Å². The van der Waals surface area contributed by atoms with E-state index in [1.807, 2.05) is 38.5 Å². The van der Waals surface area contributed by atoms with Gasteiger partial charge in [0.05, 0.1) is 35.4 Å². The van der Waals surface area contributed by atoms with Gasteiger partial charge in [-0.15, -0.1) is 0 Å². The van der Waals surface area contributed by atoms with Crippen LogP contribution in [0.25, 0.3) is 22.3 Å². The van der Waals surface area contributed by atoms with Crippen LogP contribution in [0.4, 0.5) is 11.5 Å². The molecule has 0 saturated carbocycles. The average Bonchev–Trinajstić information content (AvgIpc) is 3.60. The number of rotatable bonds is 6. The Hall–Kier alpha value is -3.82. The average molecular weight is 470 g/mol. The third-order valence-electron chi connectivity index (χ3n) is 6.66. The molecule has 0 aliphatic carbocycles. The van der Waals surface area contributed by atoms with Crippen LogP contribution >= 0.6 is 0 Å². The van der Waals surface area contributed by atoms with E-state index in [2.05, 4.69) is 31.6 Å². The lowest BCUT2D eigenvalue weighted by atomic mass is 9.96. The molecule has 0 unspecified atom stereocenters. The predicted octanol–water partition coefficient (Wildman–Crippen LogP) is 3.57. The molecule has 2 aliphatic rings. The minimum absolute atomic E-state index is 0.112. The van der Waals surface area contributed by atoms with Gasteiger partial charge in [-0.3, -0.25) is 9.78 Å². The van der Waals surface area contributed by atoms with Crippen molar-refractivity contribution in [3.05, 3.63) is 65.2 Å². The van der Waals surface area contributed by atoms with Crippen molar-refractivity contribution in [3.63, 3.8) is 0 Å². The first kappa shape index (κ1) is 21.7. The molecule has 6 heterocycles. The Balaban J connectivity index is 1.39. The van der Waals surface area contributed by atoms with Crippen LogP contribution in [0.3, 0.4) is 0 Å². The predicted molar refractivity (Wildman–Crippen MR) is 134 cm³/mol. The highest BCUT2D eigenvalue weighted by atomic mass is 16.5. The van der Waals surface area contributed by atoms with Gasteiger partial charge in [0.25, 0.3) is 5.91 Å². The molecule has 0 bridgehead atoms. The Bertz CT molecular complexity index is 1420. The first-order valence-corrected chi connectivity index (χ1v) is 11.8. The van der Waals surface area contributed by atoms with E-state index < -0.39 is 0 Å². The lowest BCUT2D eigenvalue weighted by Crippen LogP contribution is -2.16. The molecule has 1 fully saturated rings. The van der Waals surface area contributed by atoms with Gasteiger partial charge in [0.1, 0.15) is 11.5 Å². The summed E-state index contributed by atoms with van der Waals surface area (Å²) in [5.41, 5.74) is 6.92. The Morgan fingerprint density at radius 2 is 2.11 bits per heavy atom. The summed E-state index contributed by atoms with van der Waals surface area (Å²) in [6.45, 7) is 2.68. The molecule has 4 aromatic heterocycles. The Labute approximate surface area is 203 Å². The van der Waals surface area contributed by atoms with Crippen LogP contribution in [0.2, 0.25) is 0 Å². The zero-order valence-corrected chi connectivity index (χ0v) is 19.8. The number of hydrogen-bond donors (Lipinski definition) is 3. The second kappa shape index (κ2) is 8.75. The highest BCUT2D eigenvalue weighted by Gasteiger charge is 2.28. The summed E-state index contributed by atoms with van der Waals surface area (Å²) >= 11 is 0. The number of H-pyrrole nitrogens is 1. The van der Waals surface area contributed by atoms with Gasteiger partial charge in [-0.2, -0.15) is 0 Å². The fourth-order valence-electron chi connectivity index (χ4n) is 5.03. The number of aromatic amines is 1. The quantitative estimate of drug-likeness (QED) is 0.396. The van der Waals surface area contributed by atoms with Crippen molar-refractivity contribution in [1.29, 1.82) is 0 Å². The van der Waals surface area contributed by atoms with Gasteiger partial charge in [0.15, 0.2) is 0 Å². The molecular weight excluding hydrogens is 442 g/mol. The van der Waals surface area contributed by atoms with Crippen molar-refractivity contribution in [3.8, 4) is 11.3 Å². The van der Waals surface area contributed by atoms with Crippen LogP contribution in [0.5, 0.6) is 0 Å². The normalized spacial score (nSPS) is 17.2. The SMILES string of the molecule is CN(C)Cc1nc(Nc2cnc(-c3ccnc4[nH]ccc34)c3c2C(=O)NC3)ccc1[C@@H]1CCOC1. The molecule has 3 N–H and O–H groups in total. The Morgan fingerprint density at radius 1 is 1.20 bits per heavy atom. The number of hydrogen-bond acceptors (Lipinski definition) is 7. The lowest BCUT2D eigenvalue weighted by Gasteiger charge is -2.19. The van der Waals surface area contributed by atoms with Gasteiger partial charge in [0.2, 0.25) is 0 Å². The summed E-state index contributed by atoms with van der Waals surface area (Å²) < 4.78 is 5.61. The largest absolute Gasteiger partial charge is 0.381 e. The van der Waals surface area contributed by atoms with Gasteiger partial charge >= 0.3 is 0 Å². The molecular formula is C26H27N7O2. The van der Waals surface area contributed by atoms with Crippen LogP contribution in [0.15, 0.2) is 42.9 Å². The molecule has 0 spiro atoms. The Kier molecular flexibility index (Phi) is 5.43. The molecule has 1 amide bonds. The van der Waals surface area contributed by atoms with E-state index in [1.54, 1.807) is 12.4 Å². The lowest BCUT2D eigenvalue weighted by molar-refractivity contribution is 0.0966. The van der Waals surface area contributed by atoms with Gasteiger partial charge in [-0.05, 0) is 44.3 Å². The van der Waals surface area contributed by atoms with Crippen molar-refractivity contribution in [1.82, 2.24) is 30.2 Å². The van der Waals surface area contributed by atoms with E-state index in [-0.39, 0.29) is 5.91 Å². The maximum Gasteiger partial charge on any atom is 0.254 e. The van der Waals surface area contributed by atoms with Gasteiger partial charge < -0.3 is 25.3 Å². The number of nitrogens with zero attached hydrogens (tertiary/aromatic N) is 4. The van der Waals surface area contributed by atoms with E-state index in [0.29, 0.717) is 29.5 Å².